The van der Waals surface area contributed by atoms with Crippen molar-refractivity contribution < 1.29 is 19.4 Å². The molecule has 0 rings (SSSR count). The molecule has 0 heterocycles. The van der Waals surface area contributed by atoms with Gasteiger partial charge < -0.3 is 9.84 Å². The van der Waals surface area contributed by atoms with Crippen molar-refractivity contribution in [1.29, 1.82) is 0 Å². The molecular formula is C30H58O4. The van der Waals surface area contributed by atoms with Crippen LogP contribution in [0.2, 0.25) is 0 Å². The number of ether oxygens (including phenoxy) is 1. The van der Waals surface area contributed by atoms with Crippen molar-refractivity contribution in [2.24, 2.45) is 0 Å². The largest absolute Gasteiger partial charge is 0.481 e. The molecule has 202 valence electrons. The van der Waals surface area contributed by atoms with Gasteiger partial charge in [0.05, 0.1) is 0 Å². The standard InChI is InChI=1S/C30H58O4/c1-3-5-7-9-11-13-15-16-18-20-24-28(25-22-23-26-29(31)32)34-30(33)27-21-19-17-14-12-10-8-6-4-2/h28H,3-27H2,1-2H3,(H,31,32). The number of carboxylic acids is 1. The Kier molecular flexibility index (Phi) is 25.7. The summed E-state index contributed by atoms with van der Waals surface area (Å²) in [5, 5.41) is 8.86. The van der Waals surface area contributed by atoms with Gasteiger partial charge in [-0.3, -0.25) is 9.59 Å². The van der Waals surface area contributed by atoms with Crippen molar-refractivity contribution in [2.75, 3.05) is 0 Å². The maximum atomic E-state index is 12.4. The molecule has 0 aliphatic heterocycles. The normalized spacial score (nSPS) is 12.1. The predicted octanol–water partition coefficient (Wildman–Crippen LogP) is 9.78. The van der Waals surface area contributed by atoms with E-state index in [1.54, 1.807) is 0 Å². The first kappa shape index (κ1) is 32.9. The third kappa shape index (κ3) is 25.6. The fourth-order valence-electron chi connectivity index (χ4n) is 4.59. The van der Waals surface area contributed by atoms with E-state index in [0.717, 1.165) is 38.5 Å². The Hall–Kier alpha value is -1.06. The van der Waals surface area contributed by atoms with Crippen molar-refractivity contribution in [2.45, 2.75) is 180 Å². The summed E-state index contributed by atoms with van der Waals surface area (Å²) < 4.78 is 5.83. The highest BCUT2D eigenvalue weighted by atomic mass is 16.5. The van der Waals surface area contributed by atoms with Crippen LogP contribution in [0.5, 0.6) is 0 Å². The van der Waals surface area contributed by atoms with E-state index in [4.69, 9.17) is 9.84 Å². The molecular weight excluding hydrogens is 424 g/mol. The topological polar surface area (TPSA) is 63.6 Å². The second-order valence-corrected chi connectivity index (χ2v) is 10.3. The Balaban J connectivity index is 3.95. The Bertz CT molecular complexity index is 449. The summed E-state index contributed by atoms with van der Waals surface area (Å²) in [5.74, 6) is -0.799. The number of hydrogen-bond acceptors (Lipinski definition) is 3. The molecule has 0 amide bonds. The first-order valence-corrected chi connectivity index (χ1v) is 15.0. The molecule has 0 aromatic carbocycles. The van der Waals surface area contributed by atoms with Gasteiger partial charge in [0.1, 0.15) is 6.10 Å². The van der Waals surface area contributed by atoms with E-state index in [9.17, 15) is 9.59 Å². The summed E-state index contributed by atoms with van der Waals surface area (Å²) in [6.45, 7) is 4.50. The Morgan fingerprint density at radius 2 is 0.882 bits per heavy atom. The van der Waals surface area contributed by atoms with E-state index in [1.165, 1.54) is 103 Å². The first-order chi connectivity index (χ1) is 16.6. The monoisotopic (exact) mass is 482 g/mol. The molecule has 34 heavy (non-hydrogen) atoms. The number of carbonyl (C=O) groups excluding carboxylic acids is 1. The van der Waals surface area contributed by atoms with Crippen LogP contribution < -0.4 is 0 Å². The van der Waals surface area contributed by atoms with E-state index in [2.05, 4.69) is 13.8 Å². The van der Waals surface area contributed by atoms with Gasteiger partial charge in [-0.15, -0.1) is 0 Å². The fraction of sp³-hybridized carbons (Fsp3) is 0.933. The minimum absolute atomic E-state index is 0.0334. The lowest BCUT2D eigenvalue weighted by molar-refractivity contribution is -0.150. The number of unbranched alkanes of at least 4 members (excludes halogenated alkanes) is 18. The third-order valence-electron chi connectivity index (χ3n) is 6.83. The number of hydrogen-bond donors (Lipinski definition) is 1. The molecule has 0 saturated heterocycles. The highest BCUT2D eigenvalue weighted by molar-refractivity contribution is 5.69. The Morgan fingerprint density at radius 3 is 1.32 bits per heavy atom. The second-order valence-electron chi connectivity index (χ2n) is 10.3. The molecule has 0 radical (unpaired) electrons. The summed E-state index contributed by atoms with van der Waals surface area (Å²) in [4.78, 5) is 23.1. The van der Waals surface area contributed by atoms with Crippen LogP contribution in [0.15, 0.2) is 0 Å². The van der Waals surface area contributed by atoms with Gasteiger partial charge in [0.15, 0.2) is 0 Å². The number of aliphatic carboxylic acids is 1. The molecule has 4 nitrogen and oxygen atoms in total. The minimum atomic E-state index is -0.742. The zero-order chi connectivity index (χ0) is 25.1. The number of carboxylic acid groups (broad SMARTS) is 1. The highest BCUT2D eigenvalue weighted by Crippen LogP contribution is 2.18. The van der Waals surface area contributed by atoms with Crippen LogP contribution in [0.25, 0.3) is 0 Å². The van der Waals surface area contributed by atoms with Gasteiger partial charge in [-0.25, -0.2) is 0 Å². The van der Waals surface area contributed by atoms with Gasteiger partial charge in [-0.1, -0.05) is 123 Å². The van der Waals surface area contributed by atoms with E-state index in [0.29, 0.717) is 12.8 Å². The maximum absolute atomic E-state index is 12.4. The first-order valence-electron chi connectivity index (χ1n) is 15.0. The highest BCUT2D eigenvalue weighted by Gasteiger charge is 2.14. The molecule has 0 aliphatic carbocycles. The molecule has 0 spiro atoms. The van der Waals surface area contributed by atoms with E-state index >= 15 is 0 Å². The molecule has 0 aromatic heterocycles. The summed E-state index contributed by atoms with van der Waals surface area (Å²) in [5.41, 5.74) is 0. The summed E-state index contributed by atoms with van der Waals surface area (Å²) in [7, 11) is 0. The van der Waals surface area contributed by atoms with Gasteiger partial charge in [0.2, 0.25) is 0 Å². The van der Waals surface area contributed by atoms with Crippen molar-refractivity contribution in [3.05, 3.63) is 0 Å². The van der Waals surface area contributed by atoms with E-state index in [-0.39, 0.29) is 18.5 Å². The van der Waals surface area contributed by atoms with Crippen LogP contribution in [0.1, 0.15) is 174 Å². The van der Waals surface area contributed by atoms with Crippen molar-refractivity contribution in [1.82, 2.24) is 0 Å². The average Bonchev–Trinajstić information content (AvgIpc) is 2.81. The van der Waals surface area contributed by atoms with Crippen LogP contribution in [-0.2, 0) is 14.3 Å². The number of carbonyl (C=O) groups is 2. The minimum Gasteiger partial charge on any atom is -0.481 e. The molecule has 0 fully saturated rings. The van der Waals surface area contributed by atoms with Crippen LogP contribution in [0.3, 0.4) is 0 Å². The molecule has 1 atom stereocenters. The summed E-state index contributed by atoms with van der Waals surface area (Å²) >= 11 is 0. The van der Waals surface area contributed by atoms with Gasteiger partial charge in [0, 0.05) is 12.8 Å². The maximum Gasteiger partial charge on any atom is 0.306 e. The SMILES string of the molecule is CCCCCCCCCCCCC(CCCCC(=O)O)OC(=O)CCCCCCCCCCC. The number of rotatable bonds is 27. The third-order valence-corrected chi connectivity index (χ3v) is 6.83. The molecule has 0 aromatic rings. The molecule has 0 bridgehead atoms. The van der Waals surface area contributed by atoms with E-state index in [1.807, 2.05) is 0 Å². The molecule has 0 aliphatic rings. The summed E-state index contributed by atoms with van der Waals surface area (Å²) in [6.07, 6.45) is 28.1. The van der Waals surface area contributed by atoms with Crippen molar-refractivity contribution in [3.63, 3.8) is 0 Å². The smallest absolute Gasteiger partial charge is 0.306 e. The van der Waals surface area contributed by atoms with Crippen LogP contribution in [-0.4, -0.2) is 23.1 Å². The molecule has 1 N–H and O–H groups in total. The number of esters is 1. The van der Waals surface area contributed by atoms with Gasteiger partial charge in [-0.2, -0.15) is 0 Å². The predicted molar refractivity (Wildman–Crippen MR) is 144 cm³/mol. The van der Waals surface area contributed by atoms with Gasteiger partial charge in [-0.05, 0) is 38.5 Å². The lowest BCUT2D eigenvalue weighted by atomic mass is 10.0. The summed E-state index contributed by atoms with van der Waals surface area (Å²) in [6, 6.07) is 0. The van der Waals surface area contributed by atoms with Crippen LogP contribution in [0, 0.1) is 0 Å². The molecule has 0 saturated carbocycles. The Morgan fingerprint density at radius 1 is 0.529 bits per heavy atom. The zero-order valence-corrected chi connectivity index (χ0v) is 22.9. The van der Waals surface area contributed by atoms with E-state index < -0.39 is 5.97 Å². The Labute approximate surface area is 212 Å². The van der Waals surface area contributed by atoms with Crippen molar-refractivity contribution in [3.8, 4) is 0 Å². The zero-order valence-electron chi connectivity index (χ0n) is 22.9. The van der Waals surface area contributed by atoms with Crippen LogP contribution >= 0.6 is 0 Å². The lowest BCUT2D eigenvalue weighted by Crippen LogP contribution is -2.18. The van der Waals surface area contributed by atoms with Gasteiger partial charge in [0.25, 0.3) is 0 Å². The fourth-order valence-corrected chi connectivity index (χ4v) is 4.59. The molecule has 4 heteroatoms. The molecule has 1 unspecified atom stereocenters. The van der Waals surface area contributed by atoms with Gasteiger partial charge >= 0.3 is 11.9 Å². The van der Waals surface area contributed by atoms with Crippen LogP contribution in [0.4, 0.5) is 0 Å². The average molecular weight is 483 g/mol. The second kappa shape index (κ2) is 26.5. The lowest BCUT2D eigenvalue weighted by Gasteiger charge is -2.18. The van der Waals surface area contributed by atoms with Crippen molar-refractivity contribution >= 4 is 11.9 Å². The quantitative estimate of drug-likeness (QED) is 0.0934.